The number of rotatable bonds is 6. The fourth-order valence-corrected chi connectivity index (χ4v) is 2.07. The van der Waals surface area contributed by atoms with Crippen molar-refractivity contribution in [2.45, 2.75) is 32.6 Å². The van der Waals surface area contributed by atoms with Crippen LogP contribution in [0.2, 0.25) is 0 Å². The van der Waals surface area contributed by atoms with E-state index in [1.807, 2.05) is 17.9 Å². The molecule has 0 saturated carbocycles. The van der Waals surface area contributed by atoms with Crippen LogP contribution >= 0.6 is 0 Å². The average Bonchev–Trinajstić information content (AvgIpc) is 2.45. The Labute approximate surface area is 119 Å². The number of hydrogen-bond acceptors (Lipinski definition) is 4. The van der Waals surface area contributed by atoms with Gasteiger partial charge in [-0.05, 0) is 19.3 Å². The van der Waals surface area contributed by atoms with E-state index in [0.29, 0.717) is 32.5 Å². The van der Waals surface area contributed by atoms with Crippen LogP contribution in [0.25, 0.3) is 0 Å². The van der Waals surface area contributed by atoms with Crippen molar-refractivity contribution in [2.75, 3.05) is 19.6 Å². The highest BCUT2D eigenvalue weighted by atomic mass is 16.4. The second kappa shape index (κ2) is 8.20. The molecule has 0 unspecified atom stereocenters. The third-order valence-electron chi connectivity index (χ3n) is 3.37. The number of likely N-dealkylation sites (tertiary alicyclic amines) is 1. The van der Waals surface area contributed by atoms with Crippen molar-refractivity contribution in [3.8, 4) is 6.07 Å². The fourth-order valence-electron chi connectivity index (χ4n) is 2.07. The number of nitrogens with one attached hydrogen (secondary N) is 1. The summed E-state index contributed by atoms with van der Waals surface area (Å²) in [6, 6.07) is 1.90. The topological polar surface area (TPSA) is 93.4 Å². The number of nitriles is 1. The number of carbonyl (C=O) groups excluding carboxylic acids is 1. The molecule has 1 rings (SSSR count). The maximum atomic E-state index is 11.8. The summed E-state index contributed by atoms with van der Waals surface area (Å²) in [5.41, 5.74) is 0.0786. The van der Waals surface area contributed by atoms with Crippen LogP contribution in [0.1, 0.15) is 32.6 Å². The lowest BCUT2D eigenvalue weighted by molar-refractivity contribution is -0.143. The standard InChI is InChI=1S/C14H21N3O3/c1-2-3-6-16-13(18)12(9-15)10-17-7-4-11(5-8-17)14(19)20/h10-11H,2-8H2,1H3,(H,16,18)(H,19,20)/b12-10-. The number of aliphatic carboxylic acids is 1. The van der Waals surface area contributed by atoms with Crippen molar-refractivity contribution in [1.82, 2.24) is 10.2 Å². The van der Waals surface area contributed by atoms with Crippen LogP contribution in [0.4, 0.5) is 0 Å². The van der Waals surface area contributed by atoms with E-state index < -0.39 is 5.97 Å². The van der Waals surface area contributed by atoms with Crippen LogP contribution in [0.3, 0.4) is 0 Å². The molecule has 0 aliphatic carbocycles. The number of unbranched alkanes of at least 4 members (excludes halogenated alkanes) is 1. The first kappa shape index (κ1) is 16.0. The number of piperidine rings is 1. The highest BCUT2D eigenvalue weighted by Gasteiger charge is 2.23. The molecule has 0 aromatic rings. The van der Waals surface area contributed by atoms with E-state index in [0.717, 1.165) is 12.8 Å². The zero-order valence-electron chi connectivity index (χ0n) is 11.8. The number of carbonyl (C=O) groups is 2. The van der Waals surface area contributed by atoms with Gasteiger partial charge in [0.1, 0.15) is 11.6 Å². The van der Waals surface area contributed by atoms with E-state index >= 15 is 0 Å². The maximum Gasteiger partial charge on any atom is 0.306 e. The van der Waals surface area contributed by atoms with E-state index in [1.54, 1.807) is 6.20 Å². The Bertz CT molecular complexity index is 418. The zero-order chi connectivity index (χ0) is 15.0. The number of carboxylic acids is 1. The minimum atomic E-state index is -0.772. The summed E-state index contributed by atoms with van der Waals surface area (Å²) in [6.07, 6.45) is 4.49. The molecule has 0 aromatic carbocycles. The van der Waals surface area contributed by atoms with Crippen molar-refractivity contribution < 1.29 is 14.7 Å². The van der Waals surface area contributed by atoms with E-state index in [-0.39, 0.29) is 17.4 Å². The van der Waals surface area contributed by atoms with Crippen LogP contribution in [-0.2, 0) is 9.59 Å². The lowest BCUT2D eigenvalue weighted by Crippen LogP contribution is -2.34. The third-order valence-corrected chi connectivity index (χ3v) is 3.37. The van der Waals surface area contributed by atoms with E-state index in [1.165, 1.54) is 0 Å². The van der Waals surface area contributed by atoms with Gasteiger partial charge < -0.3 is 15.3 Å². The van der Waals surface area contributed by atoms with Gasteiger partial charge in [-0.3, -0.25) is 9.59 Å². The molecule has 1 saturated heterocycles. The first-order valence-corrected chi connectivity index (χ1v) is 6.95. The lowest BCUT2D eigenvalue weighted by Gasteiger charge is -2.29. The Morgan fingerprint density at radius 1 is 1.45 bits per heavy atom. The largest absolute Gasteiger partial charge is 0.481 e. The van der Waals surface area contributed by atoms with Crippen LogP contribution in [0, 0.1) is 17.2 Å². The normalized spacial score (nSPS) is 16.6. The highest BCUT2D eigenvalue weighted by Crippen LogP contribution is 2.18. The smallest absolute Gasteiger partial charge is 0.306 e. The van der Waals surface area contributed by atoms with Crippen molar-refractivity contribution in [2.24, 2.45) is 5.92 Å². The van der Waals surface area contributed by atoms with Crippen molar-refractivity contribution in [3.05, 3.63) is 11.8 Å². The predicted octanol–water partition coefficient (Wildman–Crippen LogP) is 1.11. The van der Waals surface area contributed by atoms with Gasteiger partial charge in [-0.15, -0.1) is 0 Å². The van der Waals surface area contributed by atoms with Crippen LogP contribution in [0.15, 0.2) is 11.8 Å². The molecule has 6 nitrogen and oxygen atoms in total. The van der Waals surface area contributed by atoms with Gasteiger partial charge in [0.2, 0.25) is 0 Å². The van der Waals surface area contributed by atoms with Gasteiger partial charge in [-0.25, -0.2) is 0 Å². The Morgan fingerprint density at radius 3 is 2.60 bits per heavy atom. The zero-order valence-corrected chi connectivity index (χ0v) is 11.8. The Morgan fingerprint density at radius 2 is 2.10 bits per heavy atom. The second-order valence-corrected chi connectivity index (χ2v) is 4.91. The molecule has 0 aromatic heterocycles. The first-order chi connectivity index (χ1) is 9.58. The van der Waals surface area contributed by atoms with Gasteiger partial charge in [0, 0.05) is 25.8 Å². The Balaban J connectivity index is 2.52. The van der Waals surface area contributed by atoms with Crippen molar-refractivity contribution >= 4 is 11.9 Å². The number of hydrogen-bond donors (Lipinski definition) is 2. The van der Waals surface area contributed by atoms with Crippen molar-refractivity contribution in [3.63, 3.8) is 0 Å². The predicted molar refractivity (Wildman–Crippen MR) is 73.5 cm³/mol. The highest BCUT2D eigenvalue weighted by molar-refractivity contribution is 5.97. The molecule has 0 radical (unpaired) electrons. The maximum absolute atomic E-state index is 11.8. The first-order valence-electron chi connectivity index (χ1n) is 6.95. The van der Waals surface area contributed by atoms with Crippen molar-refractivity contribution in [1.29, 1.82) is 5.26 Å². The summed E-state index contributed by atoms with van der Waals surface area (Å²) in [5, 5.41) is 20.6. The molecule has 1 heterocycles. The van der Waals surface area contributed by atoms with Gasteiger partial charge in [0.05, 0.1) is 5.92 Å². The van der Waals surface area contributed by atoms with Crippen LogP contribution in [-0.4, -0.2) is 41.5 Å². The SMILES string of the molecule is CCCCNC(=O)/C(C#N)=C\N1CCC(C(=O)O)CC1. The minimum absolute atomic E-state index is 0.0786. The summed E-state index contributed by atoms with van der Waals surface area (Å²) >= 11 is 0. The summed E-state index contributed by atoms with van der Waals surface area (Å²) in [7, 11) is 0. The summed E-state index contributed by atoms with van der Waals surface area (Å²) < 4.78 is 0. The molecule has 1 aliphatic heterocycles. The molecule has 0 atom stereocenters. The molecule has 1 amide bonds. The average molecular weight is 279 g/mol. The number of carboxylic acid groups (broad SMARTS) is 1. The molecule has 0 bridgehead atoms. The van der Waals surface area contributed by atoms with Gasteiger partial charge in [-0.1, -0.05) is 13.3 Å². The van der Waals surface area contributed by atoms with E-state index in [2.05, 4.69) is 5.32 Å². The van der Waals surface area contributed by atoms with E-state index in [9.17, 15) is 9.59 Å². The van der Waals surface area contributed by atoms with Gasteiger partial charge in [-0.2, -0.15) is 5.26 Å². The van der Waals surface area contributed by atoms with Gasteiger partial charge in [0.15, 0.2) is 0 Å². The molecule has 110 valence electrons. The van der Waals surface area contributed by atoms with Gasteiger partial charge in [0.25, 0.3) is 5.91 Å². The summed E-state index contributed by atoms with van der Waals surface area (Å²) in [5.74, 6) is -1.45. The molecule has 1 fully saturated rings. The summed E-state index contributed by atoms with van der Waals surface area (Å²) in [4.78, 5) is 24.5. The van der Waals surface area contributed by atoms with Crippen LogP contribution < -0.4 is 5.32 Å². The summed E-state index contributed by atoms with van der Waals surface area (Å²) in [6.45, 7) is 3.71. The van der Waals surface area contributed by atoms with E-state index in [4.69, 9.17) is 10.4 Å². The monoisotopic (exact) mass is 279 g/mol. The quantitative estimate of drug-likeness (QED) is 0.431. The molecule has 6 heteroatoms. The fraction of sp³-hybridized carbons (Fsp3) is 0.643. The molecule has 0 spiro atoms. The minimum Gasteiger partial charge on any atom is -0.481 e. The molecule has 20 heavy (non-hydrogen) atoms. The second-order valence-electron chi connectivity index (χ2n) is 4.91. The number of amides is 1. The molecular formula is C14H21N3O3. The Kier molecular flexibility index (Phi) is 6.57. The van der Waals surface area contributed by atoms with Crippen LogP contribution in [0.5, 0.6) is 0 Å². The lowest BCUT2D eigenvalue weighted by atomic mass is 9.97. The van der Waals surface area contributed by atoms with Gasteiger partial charge >= 0.3 is 5.97 Å². The Hall–Kier alpha value is -2.03. The molecule has 1 aliphatic rings. The third kappa shape index (κ3) is 4.92. The molecular weight excluding hydrogens is 258 g/mol. The molecule has 2 N–H and O–H groups in total. The number of nitrogens with zero attached hydrogens (tertiary/aromatic N) is 2.